The summed E-state index contributed by atoms with van der Waals surface area (Å²) in [6.07, 6.45) is 15.9. The van der Waals surface area contributed by atoms with Gasteiger partial charge in [0.05, 0.1) is 11.4 Å². The topological polar surface area (TPSA) is 92.5 Å². The fourth-order valence-corrected chi connectivity index (χ4v) is 8.50. The maximum Gasteiger partial charge on any atom is 0.170 e. The lowest BCUT2D eigenvalue weighted by Gasteiger charge is -2.56. The summed E-state index contributed by atoms with van der Waals surface area (Å²) in [5.74, 6) is 3.75. The molecule has 2 N–H and O–H groups in total. The van der Waals surface area contributed by atoms with Gasteiger partial charge in [-0.05, 0) is 93.4 Å². The molecule has 5 fully saturated rings. The van der Waals surface area contributed by atoms with Crippen LogP contribution >= 0.6 is 0 Å². The van der Waals surface area contributed by atoms with Gasteiger partial charge in [-0.15, -0.1) is 0 Å². The van der Waals surface area contributed by atoms with Crippen LogP contribution in [0.25, 0.3) is 21.9 Å². The molecule has 0 unspecified atom stereocenters. The van der Waals surface area contributed by atoms with Gasteiger partial charge in [-0.2, -0.15) is 0 Å². The second-order valence-electron chi connectivity index (χ2n) is 12.3. The molecule has 2 aromatic carbocycles. The zero-order valence-corrected chi connectivity index (χ0v) is 21.4. The number of rotatable bonds is 2. The summed E-state index contributed by atoms with van der Waals surface area (Å²) in [5.41, 5.74) is 3.95. The fraction of sp³-hybridized carbons (Fsp3) is 0.548. The second-order valence-corrected chi connectivity index (χ2v) is 12.3. The summed E-state index contributed by atoms with van der Waals surface area (Å²) >= 11 is 0. The monoisotopic (exact) mass is 500 g/mol. The molecule has 0 radical (unpaired) electrons. The molecule has 2 heterocycles. The van der Waals surface area contributed by atoms with Crippen molar-refractivity contribution in [1.29, 1.82) is 0 Å². The fourth-order valence-electron chi connectivity index (χ4n) is 8.50. The lowest BCUT2D eigenvalue weighted by Crippen LogP contribution is -2.48. The zero-order valence-electron chi connectivity index (χ0n) is 21.4. The Morgan fingerprint density at radius 3 is 1.84 bits per heavy atom. The molecule has 0 spiro atoms. The molecular weight excluding hydrogens is 464 g/mol. The van der Waals surface area contributed by atoms with Crippen LogP contribution in [0.2, 0.25) is 0 Å². The first-order valence-electron chi connectivity index (χ1n) is 14.2. The standard InChI is InChI=1S/C17H19NO2.C14H17NO2/c19-13-1-2-14-15(6-13)20-18-16(14)17-7-10-3-11(8-17)5-12(4-10)9-17;16-11-7-8-12-13(9-11)17-15-14(12)10-5-3-1-2-4-6-10/h1-2,6,10-12,19H,3-5,7-9H2;7-10,16H,1-6H2. The number of hydrogen-bond acceptors (Lipinski definition) is 6. The van der Waals surface area contributed by atoms with Crippen molar-refractivity contribution in [2.45, 2.75) is 88.4 Å². The van der Waals surface area contributed by atoms with Crippen molar-refractivity contribution in [1.82, 2.24) is 10.3 Å². The van der Waals surface area contributed by atoms with Crippen molar-refractivity contribution in [3.05, 3.63) is 47.8 Å². The van der Waals surface area contributed by atoms with Gasteiger partial charge in [0.2, 0.25) is 0 Å². The van der Waals surface area contributed by atoms with E-state index >= 15 is 0 Å². The Hall–Kier alpha value is -3.02. The van der Waals surface area contributed by atoms with Gasteiger partial charge >= 0.3 is 0 Å². The van der Waals surface area contributed by atoms with Crippen LogP contribution in [0, 0.1) is 17.8 Å². The van der Waals surface area contributed by atoms with Crippen molar-refractivity contribution >= 4 is 21.9 Å². The molecule has 194 valence electrons. The highest BCUT2D eigenvalue weighted by atomic mass is 16.5. The van der Waals surface area contributed by atoms with E-state index in [2.05, 4.69) is 10.3 Å². The molecule has 4 aromatic rings. The van der Waals surface area contributed by atoms with E-state index in [-0.39, 0.29) is 16.9 Å². The van der Waals surface area contributed by atoms with Crippen molar-refractivity contribution in [3.63, 3.8) is 0 Å². The SMILES string of the molecule is Oc1ccc2c(C34CC5CC(CC(C5)C3)C4)noc2c1.Oc1ccc2c(C3CCCCCC3)noc2c1. The minimum atomic E-state index is 0.237. The Kier molecular flexibility index (Phi) is 5.67. The predicted octanol–water partition coefficient (Wildman–Crippen LogP) is 7.97. The van der Waals surface area contributed by atoms with E-state index in [1.165, 1.54) is 82.7 Å². The van der Waals surface area contributed by atoms with Gasteiger partial charge in [0.25, 0.3) is 0 Å². The summed E-state index contributed by atoms with van der Waals surface area (Å²) in [6.45, 7) is 0. The Balaban J connectivity index is 0.000000127. The molecule has 9 rings (SSSR count). The van der Waals surface area contributed by atoms with Gasteiger partial charge in [0.15, 0.2) is 11.2 Å². The van der Waals surface area contributed by atoms with Crippen molar-refractivity contribution in [2.75, 3.05) is 0 Å². The third kappa shape index (κ3) is 4.18. The molecule has 6 nitrogen and oxygen atoms in total. The highest BCUT2D eigenvalue weighted by molar-refractivity contribution is 5.82. The number of aromatic nitrogens is 2. The van der Waals surface area contributed by atoms with Crippen LogP contribution in [0.4, 0.5) is 0 Å². The van der Waals surface area contributed by atoms with E-state index in [0.29, 0.717) is 11.5 Å². The number of benzene rings is 2. The van der Waals surface area contributed by atoms with Crippen LogP contribution in [0.3, 0.4) is 0 Å². The molecule has 0 amide bonds. The molecule has 37 heavy (non-hydrogen) atoms. The normalized spacial score (nSPS) is 29.4. The quantitative estimate of drug-likeness (QED) is 0.271. The third-order valence-corrected chi connectivity index (χ3v) is 9.72. The summed E-state index contributed by atoms with van der Waals surface area (Å²) < 4.78 is 10.8. The van der Waals surface area contributed by atoms with Crippen molar-refractivity contribution in [2.24, 2.45) is 17.8 Å². The van der Waals surface area contributed by atoms with Crippen LogP contribution in [0.5, 0.6) is 11.5 Å². The van der Waals surface area contributed by atoms with Gasteiger partial charge in [-0.3, -0.25) is 0 Å². The highest BCUT2D eigenvalue weighted by Crippen LogP contribution is 2.61. The predicted molar refractivity (Wildman–Crippen MR) is 142 cm³/mol. The third-order valence-electron chi connectivity index (χ3n) is 9.72. The smallest absolute Gasteiger partial charge is 0.170 e. The molecule has 4 bridgehead atoms. The maximum absolute atomic E-state index is 9.59. The Labute approximate surface area is 217 Å². The van der Waals surface area contributed by atoms with Crippen LogP contribution in [-0.4, -0.2) is 20.5 Å². The molecular formula is C31H36N2O4. The average Bonchev–Trinajstić information content (AvgIpc) is 3.38. The summed E-state index contributed by atoms with van der Waals surface area (Å²) in [6, 6.07) is 10.7. The molecule has 0 saturated heterocycles. The van der Waals surface area contributed by atoms with Gasteiger partial charge in [-0.1, -0.05) is 36.0 Å². The van der Waals surface area contributed by atoms with Crippen molar-refractivity contribution in [3.8, 4) is 11.5 Å². The Morgan fingerprint density at radius 1 is 0.676 bits per heavy atom. The lowest BCUT2D eigenvalue weighted by molar-refractivity contribution is -0.00781. The molecule has 0 atom stereocenters. The number of aromatic hydroxyl groups is 2. The van der Waals surface area contributed by atoms with Gasteiger partial charge in [-0.25, -0.2) is 0 Å². The van der Waals surface area contributed by atoms with E-state index in [9.17, 15) is 10.2 Å². The minimum Gasteiger partial charge on any atom is -0.508 e. The molecule has 5 aliphatic rings. The average molecular weight is 501 g/mol. The van der Waals surface area contributed by atoms with Crippen LogP contribution in [0.1, 0.15) is 94.4 Å². The number of nitrogens with zero attached hydrogens (tertiary/aromatic N) is 2. The van der Waals surface area contributed by atoms with E-state index in [1.807, 2.05) is 12.1 Å². The Bertz CT molecular complexity index is 1380. The molecule has 5 aliphatic carbocycles. The summed E-state index contributed by atoms with van der Waals surface area (Å²) in [4.78, 5) is 0. The number of phenols is 2. The van der Waals surface area contributed by atoms with E-state index < -0.39 is 0 Å². The molecule has 6 heteroatoms. The summed E-state index contributed by atoms with van der Waals surface area (Å²) in [7, 11) is 0. The first-order chi connectivity index (χ1) is 18.1. The first kappa shape index (κ1) is 23.1. The maximum atomic E-state index is 9.59. The van der Waals surface area contributed by atoms with E-state index in [0.717, 1.165) is 39.8 Å². The van der Waals surface area contributed by atoms with Crippen LogP contribution in [-0.2, 0) is 5.41 Å². The second kappa shape index (κ2) is 9.07. The number of phenolic OH excluding ortho intramolecular Hbond substituents is 2. The minimum absolute atomic E-state index is 0.237. The summed E-state index contributed by atoms with van der Waals surface area (Å²) in [5, 5.41) is 29.8. The van der Waals surface area contributed by atoms with E-state index in [4.69, 9.17) is 9.05 Å². The van der Waals surface area contributed by atoms with Crippen molar-refractivity contribution < 1.29 is 19.3 Å². The van der Waals surface area contributed by atoms with Gasteiger partial charge in [0.1, 0.15) is 11.5 Å². The van der Waals surface area contributed by atoms with Crippen LogP contribution in [0.15, 0.2) is 45.4 Å². The number of fused-ring (bicyclic) bond motifs is 2. The van der Waals surface area contributed by atoms with Crippen LogP contribution < -0.4 is 0 Å². The highest BCUT2D eigenvalue weighted by Gasteiger charge is 2.53. The first-order valence-corrected chi connectivity index (χ1v) is 14.2. The van der Waals surface area contributed by atoms with E-state index in [1.54, 1.807) is 24.3 Å². The molecule has 0 aliphatic heterocycles. The molecule has 2 aromatic heterocycles. The van der Waals surface area contributed by atoms with Gasteiger partial charge in [0, 0.05) is 34.2 Å². The lowest BCUT2D eigenvalue weighted by atomic mass is 9.48. The largest absolute Gasteiger partial charge is 0.508 e. The molecule has 5 saturated carbocycles. The Morgan fingerprint density at radius 2 is 1.22 bits per heavy atom. The zero-order chi connectivity index (χ0) is 25.0. The number of hydrogen-bond donors (Lipinski definition) is 2. The van der Waals surface area contributed by atoms with Gasteiger partial charge < -0.3 is 19.3 Å².